The average molecular weight is 453 g/mol. The molecule has 0 aliphatic carbocycles. The number of carbonyl (C=O) groups is 2. The van der Waals surface area contributed by atoms with Crippen molar-refractivity contribution in [1.82, 2.24) is 0 Å². The topological polar surface area (TPSA) is 58.2 Å². The van der Waals surface area contributed by atoms with Crippen molar-refractivity contribution in [2.24, 2.45) is 0 Å². The molecule has 3 aromatic rings. The van der Waals surface area contributed by atoms with E-state index in [1.807, 2.05) is 75.4 Å². The van der Waals surface area contributed by atoms with Gasteiger partial charge in [-0.15, -0.1) is 11.8 Å². The number of thioether (sulfide) groups is 1. The Labute approximate surface area is 192 Å². The molecule has 0 saturated carbocycles. The summed E-state index contributed by atoms with van der Waals surface area (Å²) < 4.78 is 0. The Kier molecular flexibility index (Phi) is 7.77. The van der Waals surface area contributed by atoms with Gasteiger partial charge in [0.25, 0.3) is 5.91 Å². The summed E-state index contributed by atoms with van der Waals surface area (Å²) in [5, 5.41) is 6.22. The summed E-state index contributed by atoms with van der Waals surface area (Å²) in [6.45, 7) is 5.85. The predicted molar refractivity (Wildman–Crippen MR) is 130 cm³/mol. The number of amides is 2. The van der Waals surface area contributed by atoms with E-state index in [4.69, 9.17) is 11.6 Å². The SMILES string of the molecule is CCC(Sc1cccc(NC(=O)c2cccc(C)c2)c1)C(=O)Nc1ccc(C)c(Cl)c1. The Balaban J connectivity index is 1.67. The smallest absolute Gasteiger partial charge is 0.255 e. The predicted octanol–water partition coefficient (Wildman–Crippen LogP) is 6.72. The van der Waals surface area contributed by atoms with Gasteiger partial charge in [0.05, 0.1) is 5.25 Å². The Morgan fingerprint density at radius 1 is 0.935 bits per heavy atom. The molecule has 1 atom stereocenters. The van der Waals surface area contributed by atoms with Crippen molar-refractivity contribution >= 4 is 46.6 Å². The first-order chi connectivity index (χ1) is 14.9. The van der Waals surface area contributed by atoms with E-state index in [9.17, 15) is 9.59 Å². The standard InChI is InChI=1S/C25H25ClN2O2S/c1-4-23(25(30)28-20-12-11-17(3)22(26)15-20)31-21-10-6-9-19(14-21)27-24(29)18-8-5-7-16(2)13-18/h5-15,23H,4H2,1-3H3,(H,27,29)(H,28,30). The molecule has 0 aliphatic rings. The highest BCUT2D eigenvalue weighted by atomic mass is 35.5. The second kappa shape index (κ2) is 10.5. The van der Waals surface area contributed by atoms with Gasteiger partial charge < -0.3 is 10.6 Å². The van der Waals surface area contributed by atoms with Gasteiger partial charge in [0.1, 0.15) is 0 Å². The maximum absolute atomic E-state index is 12.8. The van der Waals surface area contributed by atoms with Gasteiger partial charge in [-0.25, -0.2) is 0 Å². The summed E-state index contributed by atoms with van der Waals surface area (Å²) >= 11 is 7.63. The van der Waals surface area contributed by atoms with Crippen LogP contribution in [0.15, 0.2) is 71.6 Å². The maximum Gasteiger partial charge on any atom is 0.255 e. The highest BCUT2D eigenvalue weighted by molar-refractivity contribution is 8.00. The van der Waals surface area contributed by atoms with E-state index in [0.717, 1.165) is 16.0 Å². The minimum absolute atomic E-state index is 0.0818. The van der Waals surface area contributed by atoms with Crippen LogP contribution in [0.25, 0.3) is 0 Å². The van der Waals surface area contributed by atoms with Gasteiger partial charge in [-0.05, 0) is 68.3 Å². The molecule has 6 heteroatoms. The zero-order chi connectivity index (χ0) is 22.4. The van der Waals surface area contributed by atoms with Crippen LogP contribution in [0.4, 0.5) is 11.4 Å². The fraction of sp³-hybridized carbons (Fsp3) is 0.200. The van der Waals surface area contributed by atoms with E-state index in [1.165, 1.54) is 11.8 Å². The second-order valence-electron chi connectivity index (χ2n) is 7.32. The normalized spacial score (nSPS) is 11.6. The minimum Gasteiger partial charge on any atom is -0.325 e. The lowest BCUT2D eigenvalue weighted by atomic mass is 10.1. The molecule has 0 bridgehead atoms. The van der Waals surface area contributed by atoms with E-state index < -0.39 is 0 Å². The van der Waals surface area contributed by atoms with Crippen molar-refractivity contribution in [3.05, 3.63) is 88.4 Å². The van der Waals surface area contributed by atoms with Crippen LogP contribution in [-0.2, 0) is 4.79 Å². The van der Waals surface area contributed by atoms with Crippen molar-refractivity contribution < 1.29 is 9.59 Å². The first-order valence-corrected chi connectivity index (χ1v) is 11.3. The molecule has 0 fully saturated rings. The van der Waals surface area contributed by atoms with E-state index in [2.05, 4.69) is 10.6 Å². The maximum atomic E-state index is 12.8. The number of halogens is 1. The molecule has 1 unspecified atom stereocenters. The average Bonchev–Trinajstić information content (AvgIpc) is 2.75. The molecule has 0 spiro atoms. The van der Waals surface area contributed by atoms with Crippen molar-refractivity contribution in [3.8, 4) is 0 Å². The molecular weight excluding hydrogens is 428 g/mol. The quantitative estimate of drug-likeness (QED) is 0.391. The molecule has 160 valence electrons. The fourth-order valence-electron chi connectivity index (χ4n) is 3.02. The molecule has 0 aromatic heterocycles. The van der Waals surface area contributed by atoms with Crippen LogP contribution in [0.5, 0.6) is 0 Å². The van der Waals surface area contributed by atoms with Crippen LogP contribution in [0.1, 0.15) is 34.8 Å². The number of hydrogen-bond acceptors (Lipinski definition) is 3. The van der Waals surface area contributed by atoms with Crippen molar-refractivity contribution in [3.63, 3.8) is 0 Å². The summed E-state index contributed by atoms with van der Waals surface area (Å²) in [5.41, 5.74) is 3.98. The molecule has 2 N–H and O–H groups in total. The van der Waals surface area contributed by atoms with E-state index >= 15 is 0 Å². The third-order valence-corrected chi connectivity index (χ3v) is 6.52. The molecule has 0 heterocycles. The van der Waals surface area contributed by atoms with Crippen LogP contribution >= 0.6 is 23.4 Å². The molecule has 3 aromatic carbocycles. The largest absolute Gasteiger partial charge is 0.325 e. The number of anilines is 2. The van der Waals surface area contributed by atoms with Crippen LogP contribution in [-0.4, -0.2) is 17.1 Å². The number of rotatable bonds is 7. The van der Waals surface area contributed by atoms with Crippen LogP contribution in [0.2, 0.25) is 5.02 Å². The van der Waals surface area contributed by atoms with E-state index in [0.29, 0.717) is 28.4 Å². The summed E-state index contributed by atoms with van der Waals surface area (Å²) in [4.78, 5) is 26.2. The molecule has 4 nitrogen and oxygen atoms in total. The number of nitrogens with one attached hydrogen (secondary N) is 2. The molecule has 0 aliphatic heterocycles. The van der Waals surface area contributed by atoms with Gasteiger partial charge in [-0.3, -0.25) is 9.59 Å². The Bertz CT molecular complexity index is 1100. The number of benzene rings is 3. The molecule has 31 heavy (non-hydrogen) atoms. The van der Waals surface area contributed by atoms with Gasteiger partial charge in [-0.2, -0.15) is 0 Å². The van der Waals surface area contributed by atoms with Crippen molar-refractivity contribution in [1.29, 1.82) is 0 Å². The summed E-state index contributed by atoms with van der Waals surface area (Å²) in [7, 11) is 0. The lowest BCUT2D eigenvalue weighted by molar-refractivity contribution is -0.115. The summed E-state index contributed by atoms with van der Waals surface area (Å²) in [6.07, 6.45) is 0.663. The highest BCUT2D eigenvalue weighted by Crippen LogP contribution is 2.29. The van der Waals surface area contributed by atoms with Crippen LogP contribution < -0.4 is 10.6 Å². The van der Waals surface area contributed by atoms with Crippen LogP contribution in [0, 0.1) is 13.8 Å². The molecular formula is C25H25ClN2O2S. The van der Waals surface area contributed by atoms with Gasteiger partial charge in [0, 0.05) is 26.9 Å². The van der Waals surface area contributed by atoms with Crippen molar-refractivity contribution in [2.45, 2.75) is 37.3 Å². The molecule has 0 saturated heterocycles. The lowest BCUT2D eigenvalue weighted by Crippen LogP contribution is -2.24. The van der Waals surface area contributed by atoms with Crippen molar-refractivity contribution in [2.75, 3.05) is 10.6 Å². The van der Waals surface area contributed by atoms with Gasteiger partial charge in [0.2, 0.25) is 5.91 Å². The number of carbonyl (C=O) groups excluding carboxylic acids is 2. The summed E-state index contributed by atoms with van der Waals surface area (Å²) in [5.74, 6) is -0.242. The van der Waals surface area contributed by atoms with Gasteiger partial charge in [0.15, 0.2) is 0 Å². The third-order valence-electron chi connectivity index (χ3n) is 4.75. The highest BCUT2D eigenvalue weighted by Gasteiger charge is 2.19. The fourth-order valence-corrected chi connectivity index (χ4v) is 4.21. The zero-order valence-corrected chi connectivity index (χ0v) is 19.3. The number of hydrogen-bond donors (Lipinski definition) is 2. The number of aryl methyl sites for hydroxylation is 2. The van der Waals surface area contributed by atoms with Gasteiger partial charge >= 0.3 is 0 Å². The Morgan fingerprint density at radius 3 is 2.39 bits per heavy atom. The van der Waals surface area contributed by atoms with Gasteiger partial charge in [-0.1, -0.05) is 48.4 Å². The first kappa shape index (κ1) is 22.9. The summed E-state index contributed by atoms with van der Waals surface area (Å²) in [6, 6.07) is 20.5. The monoisotopic (exact) mass is 452 g/mol. The van der Waals surface area contributed by atoms with E-state index in [-0.39, 0.29) is 17.1 Å². The molecule has 0 radical (unpaired) electrons. The first-order valence-electron chi connectivity index (χ1n) is 10.1. The minimum atomic E-state index is -0.275. The van der Waals surface area contributed by atoms with E-state index in [1.54, 1.807) is 12.1 Å². The molecule has 3 rings (SSSR count). The lowest BCUT2D eigenvalue weighted by Gasteiger charge is -2.16. The molecule has 2 amide bonds. The zero-order valence-electron chi connectivity index (χ0n) is 17.7. The Hall–Kier alpha value is -2.76. The second-order valence-corrected chi connectivity index (χ2v) is 9.00. The van der Waals surface area contributed by atoms with Crippen LogP contribution in [0.3, 0.4) is 0 Å². The third kappa shape index (κ3) is 6.36. The Morgan fingerprint density at radius 2 is 1.68 bits per heavy atom.